The van der Waals surface area contributed by atoms with E-state index in [0.29, 0.717) is 11.5 Å². The molecule has 0 spiro atoms. The minimum absolute atomic E-state index is 0.574. The number of aromatic nitrogens is 4. The van der Waals surface area contributed by atoms with E-state index >= 15 is 0 Å². The number of benzene rings is 7. The highest BCUT2D eigenvalue weighted by Gasteiger charge is 2.21. The van der Waals surface area contributed by atoms with Crippen LogP contribution in [0.5, 0.6) is 0 Å². The van der Waals surface area contributed by atoms with Crippen LogP contribution in [0.25, 0.3) is 99.7 Å². The third-order valence-corrected chi connectivity index (χ3v) is 10.1. The molecule has 51 heavy (non-hydrogen) atoms. The van der Waals surface area contributed by atoms with E-state index < -0.39 is 0 Å². The topological polar surface area (TPSA) is 48.8 Å². The minimum Gasteiger partial charge on any atom is -0.438 e. The Kier molecular flexibility index (Phi) is 5.89. The first kappa shape index (κ1) is 27.9. The SMILES string of the molecule is c1ccc(-n2c3ccccc3c3cc(-c4nc(-c5cccc(-n6c7ccccc7c7ccccc76)c5)nc5oc6ccccc6c45)ccc32)cc1. The van der Waals surface area contributed by atoms with Crippen LogP contribution < -0.4 is 0 Å². The smallest absolute Gasteiger partial charge is 0.231 e. The second-order valence-electron chi connectivity index (χ2n) is 13.0. The average molecular weight is 653 g/mol. The molecule has 5 heteroatoms. The van der Waals surface area contributed by atoms with Gasteiger partial charge in [-0.1, -0.05) is 109 Å². The fourth-order valence-electron chi connectivity index (χ4n) is 7.92. The van der Waals surface area contributed by atoms with Gasteiger partial charge in [0.15, 0.2) is 5.82 Å². The van der Waals surface area contributed by atoms with Crippen molar-refractivity contribution in [3.05, 3.63) is 170 Å². The van der Waals surface area contributed by atoms with Gasteiger partial charge in [-0.2, -0.15) is 4.98 Å². The Labute approximate surface area is 292 Å². The van der Waals surface area contributed by atoms with Crippen LogP contribution in [0.15, 0.2) is 174 Å². The van der Waals surface area contributed by atoms with Gasteiger partial charge in [-0.05, 0) is 60.7 Å². The van der Waals surface area contributed by atoms with Crippen molar-refractivity contribution in [1.29, 1.82) is 0 Å². The average Bonchev–Trinajstić information content (AvgIpc) is 3.85. The molecule has 4 aromatic heterocycles. The van der Waals surface area contributed by atoms with Gasteiger partial charge in [-0.3, -0.25) is 0 Å². The van der Waals surface area contributed by atoms with Crippen molar-refractivity contribution in [3.8, 4) is 34.0 Å². The number of hydrogen-bond donors (Lipinski definition) is 0. The molecule has 7 aromatic carbocycles. The Morgan fingerprint density at radius 3 is 1.69 bits per heavy atom. The maximum atomic E-state index is 6.45. The summed E-state index contributed by atoms with van der Waals surface area (Å²) in [6.07, 6.45) is 0. The molecule has 0 saturated heterocycles. The largest absolute Gasteiger partial charge is 0.438 e. The van der Waals surface area contributed by atoms with Crippen molar-refractivity contribution in [1.82, 2.24) is 19.1 Å². The molecule has 4 heterocycles. The highest BCUT2D eigenvalue weighted by Crippen LogP contribution is 2.40. The molecule has 0 saturated carbocycles. The molecule has 0 N–H and O–H groups in total. The van der Waals surface area contributed by atoms with E-state index in [2.05, 4.69) is 161 Å². The highest BCUT2D eigenvalue weighted by atomic mass is 16.3. The third-order valence-electron chi connectivity index (χ3n) is 10.1. The Balaban J connectivity index is 1.15. The van der Waals surface area contributed by atoms with Crippen LogP contribution in [0.3, 0.4) is 0 Å². The van der Waals surface area contributed by atoms with E-state index in [0.717, 1.165) is 61.1 Å². The summed E-state index contributed by atoms with van der Waals surface area (Å²) in [6, 6.07) is 59.6. The summed E-state index contributed by atoms with van der Waals surface area (Å²) in [4.78, 5) is 10.5. The van der Waals surface area contributed by atoms with Crippen molar-refractivity contribution in [2.24, 2.45) is 0 Å². The van der Waals surface area contributed by atoms with E-state index in [-0.39, 0.29) is 0 Å². The molecule has 0 unspecified atom stereocenters. The van der Waals surface area contributed by atoms with Crippen LogP contribution in [-0.2, 0) is 0 Å². The predicted octanol–water partition coefficient (Wildman–Crippen LogP) is 11.9. The van der Waals surface area contributed by atoms with E-state index in [1.165, 1.54) is 27.1 Å². The maximum absolute atomic E-state index is 6.45. The molecular formula is C46H28N4O. The summed E-state index contributed by atoms with van der Waals surface area (Å²) < 4.78 is 11.1. The van der Waals surface area contributed by atoms with Crippen LogP contribution in [0.1, 0.15) is 0 Å². The van der Waals surface area contributed by atoms with Crippen molar-refractivity contribution in [3.63, 3.8) is 0 Å². The lowest BCUT2D eigenvalue weighted by molar-refractivity contribution is 0.653. The molecule has 5 nitrogen and oxygen atoms in total. The number of furan rings is 1. The Morgan fingerprint density at radius 1 is 0.392 bits per heavy atom. The lowest BCUT2D eigenvalue weighted by Gasteiger charge is -2.11. The second-order valence-corrected chi connectivity index (χ2v) is 13.0. The molecule has 11 aromatic rings. The zero-order valence-electron chi connectivity index (χ0n) is 27.4. The van der Waals surface area contributed by atoms with Gasteiger partial charge in [0.25, 0.3) is 0 Å². The quantitative estimate of drug-likeness (QED) is 0.190. The first-order chi connectivity index (χ1) is 25.3. The number of hydrogen-bond acceptors (Lipinski definition) is 3. The summed E-state index contributed by atoms with van der Waals surface area (Å²) in [5, 5.41) is 6.73. The third kappa shape index (κ3) is 4.15. The lowest BCUT2D eigenvalue weighted by Crippen LogP contribution is -1.97. The van der Waals surface area contributed by atoms with Crippen LogP contribution in [0, 0.1) is 0 Å². The maximum Gasteiger partial charge on any atom is 0.231 e. The fraction of sp³-hybridized carbons (Fsp3) is 0. The van der Waals surface area contributed by atoms with Crippen LogP contribution in [-0.4, -0.2) is 19.1 Å². The summed E-state index contributed by atoms with van der Waals surface area (Å²) in [5.41, 5.74) is 11.0. The van der Waals surface area contributed by atoms with Crippen molar-refractivity contribution in [2.75, 3.05) is 0 Å². The molecule has 0 aliphatic heterocycles. The van der Waals surface area contributed by atoms with Gasteiger partial charge in [0.1, 0.15) is 5.58 Å². The van der Waals surface area contributed by atoms with E-state index in [1.807, 2.05) is 18.2 Å². The molecule has 0 radical (unpaired) electrons. The van der Waals surface area contributed by atoms with Crippen LogP contribution in [0.4, 0.5) is 0 Å². The normalized spacial score (nSPS) is 11.9. The molecule has 0 fully saturated rings. The standard InChI is InChI=1S/C46H28N4O/c1-2-14-31(15-3-1)49-40-23-10-6-19-35(40)37-28-29(25-26-41(37)49)44-43-36-20-7-11-24-42(36)51-46(43)48-45(47-44)30-13-12-16-32(27-30)50-38-21-8-4-17-33(38)34-18-5-9-22-39(34)50/h1-28H. The van der Waals surface area contributed by atoms with Crippen molar-refractivity contribution >= 4 is 65.7 Å². The Bertz CT molecular complexity index is 3090. The minimum atomic E-state index is 0.574. The monoisotopic (exact) mass is 652 g/mol. The fourth-order valence-corrected chi connectivity index (χ4v) is 7.92. The highest BCUT2D eigenvalue weighted by molar-refractivity contribution is 6.14. The Morgan fingerprint density at radius 2 is 0.961 bits per heavy atom. The predicted molar refractivity (Wildman–Crippen MR) is 209 cm³/mol. The summed E-state index contributed by atoms with van der Waals surface area (Å²) >= 11 is 0. The van der Waals surface area contributed by atoms with E-state index in [1.54, 1.807) is 0 Å². The zero-order chi connectivity index (χ0) is 33.5. The van der Waals surface area contributed by atoms with Gasteiger partial charge in [-0.25, -0.2) is 4.98 Å². The lowest BCUT2D eigenvalue weighted by atomic mass is 10.0. The number of nitrogens with zero attached hydrogens (tertiary/aromatic N) is 4. The first-order valence-corrected chi connectivity index (χ1v) is 17.2. The molecule has 0 aliphatic carbocycles. The van der Waals surface area contributed by atoms with Gasteiger partial charge in [0.05, 0.1) is 33.1 Å². The van der Waals surface area contributed by atoms with Gasteiger partial charge in [0, 0.05) is 49.4 Å². The first-order valence-electron chi connectivity index (χ1n) is 17.2. The molecule has 0 amide bonds. The molecule has 0 atom stereocenters. The summed E-state index contributed by atoms with van der Waals surface area (Å²) in [6.45, 7) is 0. The molecule has 238 valence electrons. The van der Waals surface area contributed by atoms with E-state index in [9.17, 15) is 0 Å². The van der Waals surface area contributed by atoms with Gasteiger partial charge in [-0.15, -0.1) is 0 Å². The van der Waals surface area contributed by atoms with Gasteiger partial charge in [0.2, 0.25) is 5.71 Å². The van der Waals surface area contributed by atoms with Crippen LogP contribution >= 0.6 is 0 Å². The van der Waals surface area contributed by atoms with Crippen LogP contribution in [0.2, 0.25) is 0 Å². The van der Waals surface area contributed by atoms with Crippen molar-refractivity contribution in [2.45, 2.75) is 0 Å². The summed E-state index contributed by atoms with van der Waals surface area (Å²) in [7, 11) is 0. The molecule has 0 bridgehead atoms. The van der Waals surface area contributed by atoms with Gasteiger partial charge >= 0.3 is 0 Å². The van der Waals surface area contributed by atoms with Crippen molar-refractivity contribution < 1.29 is 4.42 Å². The number of para-hydroxylation sites is 5. The second kappa shape index (κ2) is 10.8. The number of fused-ring (bicyclic) bond motifs is 9. The molecule has 0 aliphatic rings. The van der Waals surface area contributed by atoms with Gasteiger partial charge < -0.3 is 13.6 Å². The molecular weight excluding hydrogens is 625 g/mol. The zero-order valence-corrected chi connectivity index (χ0v) is 27.4. The Hall–Kier alpha value is -6.98. The molecule has 11 rings (SSSR count). The summed E-state index contributed by atoms with van der Waals surface area (Å²) in [5.74, 6) is 0.617. The van der Waals surface area contributed by atoms with E-state index in [4.69, 9.17) is 14.4 Å². The number of rotatable bonds is 4.